The van der Waals surface area contributed by atoms with Crippen LogP contribution in [0.5, 0.6) is 0 Å². The van der Waals surface area contributed by atoms with Crippen molar-refractivity contribution in [3.63, 3.8) is 0 Å². The molecular weight excluding hydrogens is 170 g/mol. The van der Waals surface area contributed by atoms with Gasteiger partial charge in [-0.3, -0.25) is 4.79 Å². The van der Waals surface area contributed by atoms with Gasteiger partial charge >= 0.3 is 5.97 Å². The molecule has 0 atom stereocenters. The second kappa shape index (κ2) is 4.92. The lowest BCUT2D eigenvalue weighted by atomic mass is 10.2. The van der Waals surface area contributed by atoms with Crippen molar-refractivity contribution in [2.24, 2.45) is 5.73 Å². The molecule has 0 saturated carbocycles. The van der Waals surface area contributed by atoms with Gasteiger partial charge in [0.1, 0.15) is 0 Å². The van der Waals surface area contributed by atoms with Crippen LogP contribution < -0.4 is 5.73 Å². The number of allylic oxidation sites excluding steroid dienone is 2. The van der Waals surface area contributed by atoms with Crippen LogP contribution in [-0.4, -0.2) is 17.0 Å². The number of primary amides is 1. The number of nitrogens with two attached hydrogens (primary N) is 1. The highest BCUT2D eigenvalue weighted by atomic mass is 16.4. The highest BCUT2D eigenvalue weighted by Crippen LogP contribution is 1.99. The van der Waals surface area contributed by atoms with E-state index in [-0.39, 0.29) is 5.57 Å². The summed E-state index contributed by atoms with van der Waals surface area (Å²) in [6, 6.07) is 0. The number of amides is 1. The molecule has 0 aliphatic heterocycles. The smallest absolute Gasteiger partial charge is 0.335 e. The van der Waals surface area contributed by atoms with Gasteiger partial charge in [0.05, 0.1) is 5.57 Å². The Morgan fingerprint density at radius 3 is 2.23 bits per heavy atom. The molecule has 70 valence electrons. The van der Waals surface area contributed by atoms with E-state index in [4.69, 9.17) is 10.8 Å². The summed E-state index contributed by atoms with van der Waals surface area (Å²) in [5.74, 6) is -1.67. The first-order valence-corrected chi connectivity index (χ1v) is 3.53. The lowest BCUT2D eigenvalue weighted by Crippen LogP contribution is -2.11. The molecule has 0 aliphatic carbocycles. The second-order valence-electron chi connectivity index (χ2n) is 2.35. The maximum Gasteiger partial charge on any atom is 0.335 e. The zero-order chi connectivity index (χ0) is 10.4. The van der Waals surface area contributed by atoms with E-state index in [0.29, 0.717) is 5.57 Å². The predicted octanol–water partition coefficient (Wildman–Crippen LogP) is 0.615. The monoisotopic (exact) mass is 181 g/mol. The molecule has 0 saturated heterocycles. The summed E-state index contributed by atoms with van der Waals surface area (Å²) in [7, 11) is 0. The van der Waals surface area contributed by atoms with E-state index in [1.54, 1.807) is 0 Å². The van der Waals surface area contributed by atoms with Gasteiger partial charge in [-0.25, -0.2) is 4.79 Å². The molecule has 0 rings (SSSR count). The molecule has 0 heterocycles. The molecule has 1 amide bonds. The Labute approximate surface area is 76.0 Å². The van der Waals surface area contributed by atoms with E-state index in [1.165, 1.54) is 25.2 Å². The van der Waals surface area contributed by atoms with Crippen LogP contribution in [0, 0.1) is 0 Å². The minimum Gasteiger partial charge on any atom is -0.478 e. The highest BCUT2D eigenvalue weighted by molar-refractivity contribution is 5.93. The summed E-state index contributed by atoms with van der Waals surface area (Å²) < 4.78 is 0. The molecule has 4 nitrogen and oxygen atoms in total. The summed E-state index contributed by atoms with van der Waals surface area (Å²) in [5.41, 5.74) is 5.24. The molecule has 0 spiro atoms. The topological polar surface area (TPSA) is 80.4 Å². The van der Waals surface area contributed by atoms with Crippen LogP contribution in [0.4, 0.5) is 0 Å². The summed E-state index contributed by atoms with van der Waals surface area (Å²) in [5, 5.41) is 8.54. The molecule has 0 unspecified atom stereocenters. The third kappa shape index (κ3) is 3.91. The van der Waals surface area contributed by atoms with Gasteiger partial charge < -0.3 is 10.8 Å². The highest BCUT2D eigenvalue weighted by Gasteiger charge is 2.00. The maximum absolute atomic E-state index is 10.5. The van der Waals surface area contributed by atoms with E-state index < -0.39 is 11.9 Å². The van der Waals surface area contributed by atoms with Crippen LogP contribution in [0.15, 0.2) is 36.0 Å². The number of carbonyl (C=O) groups excluding carboxylic acids is 1. The van der Waals surface area contributed by atoms with Crippen LogP contribution in [0.2, 0.25) is 0 Å². The summed E-state index contributed by atoms with van der Waals surface area (Å²) in [4.78, 5) is 20.9. The Morgan fingerprint density at radius 1 is 1.38 bits per heavy atom. The summed E-state index contributed by atoms with van der Waals surface area (Å²) in [6.07, 6.45) is 3.80. The van der Waals surface area contributed by atoms with Crippen molar-refractivity contribution >= 4 is 11.9 Å². The number of aliphatic carboxylic acids is 1. The molecule has 0 aliphatic rings. The van der Waals surface area contributed by atoms with Gasteiger partial charge in [-0.2, -0.15) is 0 Å². The zero-order valence-corrected chi connectivity index (χ0v) is 7.28. The van der Waals surface area contributed by atoms with E-state index in [9.17, 15) is 9.59 Å². The first kappa shape index (κ1) is 11.2. The fourth-order valence-electron chi connectivity index (χ4n) is 0.524. The molecule has 0 aromatic rings. The second-order valence-corrected chi connectivity index (χ2v) is 2.35. The third-order valence-corrected chi connectivity index (χ3v) is 1.37. The molecular formula is C9H11NO3. The van der Waals surface area contributed by atoms with Gasteiger partial charge in [0.15, 0.2) is 0 Å². The molecule has 0 bridgehead atoms. The van der Waals surface area contributed by atoms with E-state index in [1.807, 2.05) is 0 Å². The average Bonchev–Trinajstić information content (AvgIpc) is 2.04. The lowest BCUT2D eigenvalue weighted by Gasteiger charge is -1.92. The minimum atomic E-state index is -1.09. The van der Waals surface area contributed by atoms with Gasteiger partial charge in [0, 0.05) is 5.57 Å². The van der Waals surface area contributed by atoms with Crippen molar-refractivity contribution in [1.29, 1.82) is 0 Å². The number of carboxylic acids is 1. The van der Waals surface area contributed by atoms with Gasteiger partial charge in [0.25, 0.3) is 0 Å². The summed E-state index contributed by atoms with van der Waals surface area (Å²) in [6.45, 7) is 4.81. The van der Waals surface area contributed by atoms with Crippen molar-refractivity contribution in [3.8, 4) is 0 Å². The Kier molecular flexibility index (Phi) is 4.23. The average molecular weight is 181 g/mol. The van der Waals surface area contributed by atoms with Gasteiger partial charge in [-0.1, -0.05) is 18.7 Å². The fourth-order valence-corrected chi connectivity index (χ4v) is 0.524. The first-order valence-electron chi connectivity index (χ1n) is 3.53. The Morgan fingerprint density at radius 2 is 1.92 bits per heavy atom. The van der Waals surface area contributed by atoms with E-state index in [2.05, 4.69) is 6.58 Å². The summed E-state index contributed by atoms with van der Waals surface area (Å²) >= 11 is 0. The van der Waals surface area contributed by atoms with Crippen LogP contribution in [-0.2, 0) is 9.59 Å². The van der Waals surface area contributed by atoms with Crippen LogP contribution in [0.25, 0.3) is 0 Å². The predicted molar refractivity (Wildman–Crippen MR) is 48.9 cm³/mol. The Hall–Kier alpha value is -1.84. The minimum absolute atomic E-state index is 0.0144. The fraction of sp³-hybridized carbons (Fsp3) is 0.111. The third-order valence-electron chi connectivity index (χ3n) is 1.37. The van der Waals surface area contributed by atoms with Gasteiger partial charge in [0.2, 0.25) is 5.91 Å². The van der Waals surface area contributed by atoms with Crippen molar-refractivity contribution in [3.05, 3.63) is 36.0 Å². The van der Waals surface area contributed by atoms with E-state index in [0.717, 1.165) is 0 Å². The van der Waals surface area contributed by atoms with Crippen LogP contribution in [0.3, 0.4) is 0 Å². The number of carbonyl (C=O) groups is 2. The lowest BCUT2D eigenvalue weighted by molar-refractivity contribution is -0.132. The molecule has 4 heteroatoms. The number of rotatable bonds is 4. The van der Waals surface area contributed by atoms with Crippen molar-refractivity contribution < 1.29 is 14.7 Å². The van der Waals surface area contributed by atoms with Crippen molar-refractivity contribution in [2.75, 3.05) is 0 Å². The molecule has 0 aromatic heterocycles. The molecule has 0 aromatic carbocycles. The number of hydrogen-bond acceptors (Lipinski definition) is 2. The number of hydrogen-bond donors (Lipinski definition) is 2. The first-order chi connectivity index (χ1) is 5.99. The Balaban J connectivity index is 4.74. The van der Waals surface area contributed by atoms with Gasteiger partial charge in [-0.05, 0) is 13.0 Å². The van der Waals surface area contributed by atoms with E-state index >= 15 is 0 Å². The van der Waals surface area contributed by atoms with Crippen molar-refractivity contribution in [2.45, 2.75) is 6.92 Å². The zero-order valence-electron chi connectivity index (χ0n) is 7.28. The molecule has 3 N–H and O–H groups in total. The standard InChI is InChI=1S/C9H11NO3/c1-3-7(9(12)13)5-4-6(2)8(10)11/h3-5H,1H2,2H3,(H2,10,11)(H,12,13)/b6-4+,7-5+. The quantitative estimate of drug-likeness (QED) is 0.492. The Bertz CT molecular complexity index is 300. The molecule has 0 fully saturated rings. The van der Waals surface area contributed by atoms with Crippen LogP contribution in [0.1, 0.15) is 6.92 Å². The normalized spacial score (nSPS) is 12.4. The maximum atomic E-state index is 10.5. The van der Waals surface area contributed by atoms with Crippen LogP contribution >= 0.6 is 0 Å². The largest absolute Gasteiger partial charge is 0.478 e. The molecule has 13 heavy (non-hydrogen) atoms. The van der Waals surface area contributed by atoms with Crippen molar-refractivity contribution in [1.82, 2.24) is 0 Å². The number of carboxylic acid groups (broad SMARTS) is 1. The van der Waals surface area contributed by atoms with Gasteiger partial charge in [-0.15, -0.1) is 0 Å². The molecule has 0 radical (unpaired) electrons. The SMILES string of the molecule is C=C/C(=C\C=C(/C)C(N)=O)C(=O)O.